The van der Waals surface area contributed by atoms with Gasteiger partial charge in [0, 0.05) is 35.3 Å². The molecule has 0 spiro atoms. The second-order valence-corrected chi connectivity index (χ2v) is 4.74. The van der Waals surface area contributed by atoms with Gasteiger partial charge in [-0.3, -0.25) is 0 Å². The van der Waals surface area contributed by atoms with E-state index in [0.29, 0.717) is 17.1 Å². The van der Waals surface area contributed by atoms with Crippen molar-refractivity contribution in [3.63, 3.8) is 0 Å². The van der Waals surface area contributed by atoms with E-state index >= 15 is 0 Å². The average Bonchev–Trinajstić information content (AvgIpc) is 2.90. The van der Waals surface area contributed by atoms with E-state index in [1.165, 1.54) is 12.1 Å². The molecule has 2 aromatic carbocycles. The van der Waals surface area contributed by atoms with Gasteiger partial charge < -0.3 is 10.3 Å². The first-order valence-corrected chi connectivity index (χ1v) is 6.44. The second kappa shape index (κ2) is 5.36. The summed E-state index contributed by atoms with van der Waals surface area (Å²) in [7, 11) is 0. The topological polar surface area (TPSA) is 43.8 Å². The van der Waals surface area contributed by atoms with Gasteiger partial charge in [0.25, 0.3) is 0 Å². The summed E-state index contributed by atoms with van der Waals surface area (Å²) < 4.78 is 28.5. The van der Waals surface area contributed by atoms with Crippen LogP contribution in [0.1, 0.15) is 5.56 Å². The Morgan fingerprint density at radius 1 is 1.10 bits per heavy atom. The Balaban J connectivity index is 1.96. The number of rotatable bonds is 3. The number of nitrogens with zero attached hydrogens (tertiary/aromatic N) is 2. The fourth-order valence-corrected chi connectivity index (χ4v) is 2.21. The van der Waals surface area contributed by atoms with E-state index in [2.05, 4.69) is 4.98 Å². The van der Waals surface area contributed by atoms with Crippen LogP contribution in [-0.4, -0.2) is 9.55 Å². The summed E-state index contributed by atoms with van der Waals surface area (Å²) in [5.74, 6) is -0.466. The van der Waals surface area contributed by atoms with Gasteiger partial charge in [0.05, 0.1) is 6.54 Å². The first-order chi connectivity index (χ1) is 10.1. The number of nitrogen functional groups attached to an aromatic ring is 1. The molecule has 3 rings (SSSR count). The van der Waals surface area contributed by atoms with E-state index in [1.54, 1.807) is 29.1 Å². The second-order valence-electron chi connectivity index (χ2n) is 4.74. The summed E-state index contributed by atoms with van der Waals surface area (Å²) in [6.45, 7) is 0.274. The summed E-state index contributed by atoms with van der Waals surface area (Å²) in [6, 6.07) is 10.9. The van der Waals surface area contributed by atoms with Crippen molar-refractivity contribution < 1.29 is 8.78 Å². The summed E-state index contributed by atoms with van der Waals surface area (Å²) in [6.07, 6.45) is 3.39. The lowest BCUT2D eigenvalue weighted by atomic mass is 10.1. The Bertz CT molecular complexity index is 781. The van der Waals surface area contributed by atoms with Crippen molar-refractivity contribution >= 4 is 5.69 Å². The molecule has 0 saturated heterocycles. The SMILES string of the molecule is Nc1cccc(-c2nccn2Cc2ccc(F)cc2F)c1. The van der Waals surface area contributed by atoms with Gasteiger partial charge in [0.15, 0.2) is 0 Å². The fraction of sp³-hybridized carbons (Fsp3) is 0.0625. The van der Waals surface area contributed by atoms with Gasteiger partial charge in [-0.1, -0.05) is 18.2 Å². The minimum Gasteiger partial charge on any atom is -0.399 e. The highest BCUT2D eigenvalue weighted by molar-refractivity contribution is 5.61. The lowest BCUT2D eigenvalue weighted by molar-refractivity contribution is 0.566. The summed E-state index contributed by atoms with van der Waals surface area (Å²) in [5.41, 5.74) is 7.66. The quantitative estimate of drug-likeness (QED) is 0.749. The predicted octanol–water partition coefficient (Wildman–Crippen LogP) is 3.46. The Morgan fingerprint density at radius 3 is 2.71 bits per heavy atom. The van der Waals surface area contributed by atoms with Crippen LogP contribution in [0.25, 0.3) is 11.4 Å². The molecule has 0 aliphatic heterocycles. The smallest absolute Gasteiger partial charge is 0.140 e. The number of hydrogen-bond donors (Lipinski definition) is 1. The van der Waals surface area contributed by atoms with Crippen LogP contribution in [0.4, 0.5) is 14.5 Å². The van der Waals surface area contributed by atoms with Gasteiger partial charge in [-0.2, -0.15) is 0 Å². The molecule has 0 radical (unpaired) electrons. The molecular weight excluding hydrogens is 272 g/mol. The Labute approximate surface area is 120 Å². The van der Waals surface area contributed by atoms with Gasteiger partial charge in [-0.05, 0) is 18.2 Å². The maximum absolute atomic E-state index is 13.7. The first-order valence-electron chi connectivity index (χ1n) is 6.44. The standard InChI is InChI=1S/C16H13F2N3/c17-13-5-4-12(15(18)9-13)10-21-7-6-20-16(21)11-2-1-3-14(19)8-11/h1-9H,10,19H2. The molecule has 1 aromatic heterocycles. The van der Waals surface area contributed by atoms with Crippen LogP contribution in [0, 0.1) is 11.6 Å². The third kappa shape index (κ3) is 2.76. The lowest BCUT2D eigenvalue weighted by Crippen LogP contribution is -2.03. The molecule has 21 heavy (non-hydrogen) atoms. The van der Waals surface area contributed by atoms with Crippen molar-refractivity contribution in [1.82, 2.24) is 9.55 Å². The first kappa shape index (κ1) is 13.3. The number of nitrogens with two attached hydrogens (primary N) is 1. The van der Waals surface area contributed by atoms with Crippen molar-refractivity contribution in [2.24, 2.45) is 0 Å². The van der Waals surface area contributed by atoms with Crippen LogP contribution in [0.15, 0.2) is 54.9 Å². The van der Waals surface area contributed by atoms with Crippen molar-refractivity contribution in [2.45, 2.75) is 6.54 Å². The third-order valence-corrected chi connectivity index (χ3v) is 3.22. The van der Waals surface area contributed by atoms with Crippen molar-refractivity contribution in [3.05, 3.63) is 72.1 Å². The molecule has 0 fully saturated rings. The minimum atomic E-state index is -0.585. The van der Waals surface area contributed by atoms with Gasteiger partial charge in [-0.25, -0.2) is 13.8 Å². The van der Waals surface area contributed by atoms with Crippen LogP contribution in [0.3, 0.4) is 0 Å². The van der Waals surface area contributed by atoms with Crippen molar-refractivity contribution in [2.75, 3.05) is 5.73 Å². The highest BCUT2D eigenvalue weighted by atomic mass is 19.1. The summed E-state index contributed by atoms with van der Waals surface area (Å²) in [5, 5.41) is 0. The molecular formula is C16H13F2N3. The van der Waals surface area contributed by atoms with Gasteiger partial charge in [-0.15, -0.1) is 0 Å². The van der Waals surface area contributed by atoms with Crippen molar-refractivity contribution in [1.29, 1.82) is 0 Å². The van der Waals surface area contributed by atoms with Gasteiger partial charge >= 0.3 is 0 Å². The van der Waals surface area contributed by atoms with E-state index in [4.69, 9.17) is 5.73 Å². The molecule has 5 heteroatoms. The van der Waals surface area contributed by atoms with Gasteiger partial charge in [0.1, 0.15) is 17.5 Å². The number of halogens is 2. The highest BCUT2D eigenvalue weighted by Gasteiger charge is 2.09. The van der Waals surface area contributed by atoms with E-state index < -0.39 is 11.6 Å². The zero-order chi connectivity index (χ0) is 14.8. The molecule has 0 unspecified atom stereocenters. The molecule has 0 bridgehead atoms. The number of anilines is 1. The summed E-state index contributed by atoms with van der Waals surface area (Å²) in [4.78, 5) is 4.28. The fourth-order valence-electron chi connectivity index (χ4n) is 2.21. The molecule has 2 N–H and O–H groups in total. The van der Waals surface area contributed by atoms with E-state index in [9.17, 15) is 8.78 Å². The van der Waals surface area contributed by atoms with Crippen LogP contribution >= 0.6 is 0 Å². The molecule has 0 saturated carbocycles. The Kier molecular flexibility index (Phi) is 3.39. The average molecular weight is 285 g/mol. The van der Waals surface area contributed by atoms with E-state index in [-0.39, 0.29) is 6.54 Å². The third-order valence-electron chi connectivity index (χ3n) is 3.22. The maximum atomic E-state index is 13.7. The molecule has 3 nitrogen and oxygen atoms in total. The van der Waals surface area contributed by atoms with Gasteiger partial charge in [0.2, 0.25) is 0 Å². The van der Waals surface area contributed by atoms with Crippen LogP contribution in [0.2, 0.25) is 0 Å². The molecule has 3 aromatic rings. The normalized spacial score (nSPS) is 10.8. The Hall–Kier alpha value is -2.69. The zero-order valence-electron chi connectivity index (χ0n) is 11.1. The Morgan fingerprint density at radius 2 is 1.95 bits per heavy atom. The number of aromatic nitrogens is 2. The van der Waals surface area contributed by atoms with E-state index in [1.807, 2.05) is 12.1 Å². The van der Waals surface area contributed by atoms with Crippen LogP contribution < -0.4 is 5.73 Å². The molecule has 0 aliphatic carbocycles. The lowest BCUT2D eigenvalue weighted by Gasteiger charge is -2.09. The van der Waals surface area contributed by atoms with Crippen LogP contribution in [-0.2, 0) is 6.54 Å². The number of hydrogen-bond acceptors (Lipinski definition) is 2. The summed E-state index contributed by atoms with van der Waals surface area (Å²) >= 11 is 0. The number of imidazole rings is 1. The molecule has 1 heterocycles. The van der Waals surface area contributed by atoms with E-state index in [0.717, 1.165) is 11.6 Å². The van der Waals surface area contributed by atoms with Crippen molar-refractivity contribution in [3.8, 4) is 11.4 Å². The number of benzene rings is 2. The van der Waals surface area contributed by atoms with Crippen LogP contribution in [0.5, 0.6) is 0 Å². The monoisotopic (exact) mass is 285 g/mol. The molecule has 0 atom stereocenters. The highest BCUT2D eigenvalue weighted by Crippen LogP contribution is 2.21. The molecule has 0 aliphatic rings. The molecule has 0 amide bonds. The molecule has 106 valence electrons. The zero-order valence-corrected chi connectivity index (χ0v) is 11.1. The minimum absolute atomic E-state index is 0.274. The maximum Gasteiger partial charge on any atom is 0.140 e. The predicted molar refractivity (Wildman–Crippen MR) is 77.5 cm³/mol. The largest absolute Gasteiger partial charge is 0.399 e.